The summed E-state index contributed by atoms with van der Waals surface area (Å²) in [6.07, 6.45) is 1.41. The van der Waals surface area contributed by atoms with Crippen LogP contribution in [-0.2, 0) is 6.54 Å². The molecule has 0 aliphatic rings. The molecule has 4 aromatic rings. The van der Waals surface area contributed by atoms with Crippen LogP contribution >= 0.6 is 23.2 Å². The fraction of sp³-hybridized carbons (Fsp3) is 0.0455. The number of rotatable bonds is 6. The van der Waals surface area contributed by atoms with E-state index in [9.17, 15) is 4.79 Å². The molecule has 7 nitrogen and oxygen atoms in total. The van der Waals surface area contributed by atoms with E-state index in [1.807, 2.05) is 42.5 Å². The highest BCUT2D eigenvalue weighted by atomic mass is 35.5. The molecule has 4 rings (SSSR count). The maximum absolute atomic E-state index is 12.3. The van der Waals surface area contributed by atoms with Gasteiger partial charge in [0.25, 0.3) is 5.91 Å². The number of tetrazole rings is 1. The average Bonchev–Trinajstić information content (AvgIpc) is 3.25. The Balaban J connectivity index is 1.37. The number of hydrogen-bond donors (Lipinski definition) is 1. The number of hydrogen-bond acceptors (Lipinski definition) is 5. The first-order chi connectivity index (χ1) is 15.1. The molecular weight excluding hydrogens is 435 g/mol. The van der Waals surface area contributed by atoms with E-state index in [4.69, 9.17) is 23.2 Å². The number of hydrazone groups is 1. The Hall–Kier alpha value is -3.55. The molecule has 1 amide bonds. The number of benzene rings is 3. The van der Waals surface area contributed by atoms with Gasteiger partial charge in [-0.15, -0.1) is 10.2 Å². The first kappa shape index (κ1) is 20.7. The molecule has 0 atom stereocenters. The van der Waals surface area contributed by atoms with E-state index in [2.05, 4.69) is 25.9 Å². The van der Waals surface area contributed by atoms with Gasteiger partial charge in [-0.2, -0.15) is 9.90 Å². The van der Waals surface area contributed by atoms with Crippen LogP contribution in [0.5, 0.6) is 0 Å². The molecular formula is C22H16Cl2N6O. The van der Waals surface area contributed by atoms with E-state index in [1.54, 1.807) is 30.3 Å². The van der Waals surface area contributed by atoms with Gasteiger partial charge in [0, 0.05) is 16.7 Å². The van der Waals surface area contributed by atoms with Crippen molar-refractivity contribution in [3.05, 3.63) is 99.5 Å². The second-order valence-electron chi connectivity index (χ2n) is 6.54. The van der Waals surface area contributed by atoms with Crippen LogP contribution < -0.4 is 5.43 Å². The van der Waals surface area contributed by atoms with E-state index in [1.165, 1.54) is 11.0 Å². The molecule has 0 bridgehead atoms. The van der Waals surface area contributed by atoms with Crippen LogP contribution in [0.1, 0.15) is 21.5 Å². The summed E-state index contributed by atoms with van der Waals surface area (Å²) < 4.78 is 0. The lowest BCUT2D eigenvalue weighted by molar-refractivity contribution is 0.0955. The third-order valence-corrected chi connectivity index (χ3v) is 5.04. The predicted octanol–water partition coefficient (Wildman–Crippen LogP) is 4.46. The van der Waals surface area contributed by atoms with Gasteiger partial charge in [-0.1, -0.05) is 71.7 Å². The molecule has 0 saturated carbocycles. The van der Waals surface area contributed by atoms with Gasteiger partial charge < -0.3 is 0 Å². The lowest BCUT2D eigenvalue weighted by Gasteiger charge is -2.04. The number of nitrogens with one attached hydrogen (secondary N) is 1. The molecule has 9 heteroatoms. The topological polar surface area (TPSA) is 85.1 Å². The van der Waals surface area contributed by atoms with Crippen molar-refractivity contribution in [2.75, 3.05) is 0 Å². The summed E-state index contributed by atoms with van der Waals surface area (Å²) in [6.45, 7) is 0.435. The lowest BCUT2D eigenvalue weighted by Crippen LogP contribution is -2.17. The normalized spacial score (nSPS) is 11.0. The maximum Gasteiger partial charge on any atom is 0.271 e. The highest BCUT2D eigenvalue weighted by Crippen LogP contribution is 2.22. The first-order valence-electron chi connectivity index (χ1n) is 9.30. The quantitative estimate of drug-likeness (QED) is 0.347. The van der Waals surface area contributed by atoms with Crippen LogP contribution in [-0.4, -0.2) is 32.3 Å². The molecule has 0 saturated heterocycles. The van der Waals surface area contributed by atoms with E-state index in [0.717, 1.165) is 11.1 Å². The van der Waals surface area contributed by atoms with Crippen molar-refractivity contribution in [1.29, 1.82) is 0 Å². The number of carbonyl (C=O) groups is 1. The molecule has 0 fully saturated rings. The molecule has 0 aliphatic heterocycles. The Labute approximate surface area is 188 Å². The molecule has 154 valence electrons. The third kappa shape index (κ3) is 5.14. The summed E-state index contributed by atoms with van der Waals surface area (Å²) in [5.41, 5.74) is 5.30. The van der Waals surface area contributed by atoms with E-state index in [0.29, 0.717) is 33.5 Å². The summed E-state index contributed by atoms with van der Waals surface area (Å²) in [4.78, 5) is 13.8. The maximum atomic E-state index is 12.3. The summed E-state index contributed by atoms with van der Waals surface area (Å²) in [5.74, 6) is 0.212. The van der Waals surface area contributed by atoms with Gasteiger partial charge in [0.1, 0.15) is 0 Å². The molecule has 0 radical (unpaired) electrons. The summed E-state index contributed by atoms with van der Waals surface area (Å²) in [7, 11) is 0. The molecule has 0 aliphatic carbocycles. The van der Waals surface area contributed by atoms with E-state index in [-0.39, 0.29) is 5.91 Å². The number of nitrogens with zero attached hydrogens (tertiary/aromatic N) is 5. The van der Waals surface area contributed by atoms with Crippen molar-refractivity contribution in [3.8, 4) is 11.4 Å². The zero-order chi connectivity index (χ0) is 21.6. The fourth-order valence-corrected chi connectivity index (χ4v) is 3.29. The van der Waals surface area contributed by atoms with Crippen molar-refractivity contribution < 1.29 is 4.79 Å². The van der Waals surface area contributed by atoms with Crippen LogP contribution in [0, 0.1) is 0 Å². The minimum Gasteiger partial charge on any atom is -0.267 e. The Morgan fingerprint density at radius 1 is 0.968 bits per heavy atom. The second kappa shape index (κ2) is 9.51. The number of amides is 1. The van der Waals surface area contributed by atoms with Gasteiger partial charge in [0.05, 0.1) is 22.8 Å². The highest BCUT2D eigenvalue weighted by molar-refractivity contribution is 6.38. The zero-order valence-corrected chi connectivity index (χ0v) is 17.6. The molecule has 3 aromatic carbocycles. The second-order valence-corrected chi connectivity index (χ2v) is 7.36. The molecule has 0 unspecified atom stereocenters. The number of aromatic nitrogens is 4. The van der Waals surface area contributed by atoms with Crippen molar-refractivity contribution >= 4 is 35.3 Å². The SMILES string of the molecule is O=C(N/N=C/c1c(Cl)cccc1Cl)c1ccc(Cn2nnc(-c3ccccc3)n2)cc1. The fourth-order valence-electron chi connectivity index (χ4n) is 2.79. The van der Waals surface area contributed by atoms with Crippen molar-refractivity contribution in [2.45, 2.75) is 6.54 Å². The van der Waals surface area contributed by atoms with Crippen LogP contribution in [0.2, 0.25) is 10.0 Å². The summed E-state index contributed by atoms with van der Waals surface area (Å²) >= 11 is 12.2. The average molecular weight is 451 g/mol. The van der Waals surface area contributed by atoms with E-state index < -0.39 is 0 Å². The van der Waals surface area contributed by atoms with Crippen molar-refractivity contribution in [1.82, 2.24) is 25.6 Å². The van der Waals surface area contributed by atoms with Crippen molar-refractivity contribution in [2.24, 2.45) is 5.10 Å². The van der Waals surface area contributed by atoms with Gasteiger partial charge in [-0.05, 0) is 35.0 Å². The number of carbonyl (C=O) groups excluding carboxylic acids is 1. The standard InChI is InChI=1S/C22H16Cl2N6O/c23-19-7-4-8-20(24)18(19)13-25-27-22(31)17-11-9-15(10-12-17)14-30-28-21(26-29-30)16-5-2-1-3-6-16/h1-13H,14H2,(H,27,31)/b25-13+. The van der Waals surface area contributed by atoms with Crippen LogP contribution in [0.15, 0.2) is 77.9 Å². The predicted molar refractivity (Wildman–Crippen MR) is 120 cm³/mol. The lowest BCUT2D eigenvalue weighted by atomic mass is 10.1. The Bertz CT molecular complexity index is 1200. The minimum absolute atomic E-state index is 0.351. The van der Waals surface area contributed by atoms with Gasteiger partial charge >= 0.3 is 0 Å². The Morgan fingerprint density at radius 2 is 1.68 bits per heavy atom. The van der Waals surface area contributed by atoms with Gasteiger partial charge in [0.2, 0.25) is 5.82 Å². The van der Waals surface area contributed by atoms with Gasteiger partial charge in [-0.3, -0.25) is 4.79 Å². The molecule has 1 N–H and O–H groups in total. The van der Waals surface area contributed by atoms with Crippen molar-refractivity contribution in [3.63, 3.8) is 0 Å². The third-order valence-electron chi connectivity index (χ3n) is 4.38. The van der Waals surface area contributed by atoms with Crippen LogP contribution in [0.4, 0.5) is 0 Å². The summed E-state index contributed by atoms with van der Waals surface area (Å²) in [5, 5.41) is 17.4. The van der Waals surface area contributed by atoms with Gasteiger partial charge in [-0.25, -0.2) is 5.43 Å². The highest BCUT2D eigenvalue weighted by Gasteiger charge is 2.08. The van der Waals surface area contributed by atoms with Gasteiger partial charge in [0.15, 0.2) is 0 Å². The number of halogens is 2. The smallest absolute Gasteiger partial charge is 0.267 e. The largest absolute Gasteiger partial charge is 0.271 e. The first-order valence-corrected chi connectivity index (χ1v) is 10.1. The molecule has 31 heavy (non-hydrogen) atoms. The monoisotopic (exact) mass is 450 g/mol. The molecule has 1 aromatic heterocycles. The minimum atomic E-state index is -0.351. The summed E-state index contributed by atoms with van der Waals surface area (Å²) in [6, 6.07) is 21.8. The van der Waals surface area contributed by atoms with E-state index >= 15 is 0 Å². The Kier molecular flexibility index (Phi) is 6.35. The Morgan fingerprint density at radius 3 is 2.39 bits per heavy atom. The zero-order valence-electron chi connectivity index (χ0n) is 16.1. The van der Waals surface area contributed by atoms with Crippen LogP contribution in [0.25, 0.3) is 11.4 Å². The molecule has 1 heterocycles. The van der Waals surface area contributed by atoms with Crippen LogP contribution in [0.3, 0.4) is 0 Å². The molecule has 0 spiro atoms.